The van der Waals surface area contributed by atoms with E-state index in [-0.39, 0.29) is 5.91 Å². The number of hydrogen-bond donors (Lipinski definition) is 1. The second-order valence-electron chi connectivity index (χ2n) is 6.25. The molecule has 1 N–H and O–H groups in total. The van der Waals surface area contributed by atoms with Crippen LogP contribution in [0.5, 0.6) is 0 Å². The fourth-order valence-electron chi connectivity index (χ4n) is 2.89. The Morgan fingerprint density at radius 1 is 1.25 bits per heavy atom. The van der Waals surface area contributed by atoms with E-state index in [1.807, 2.05) is 43.3 Å². The number of thioether (sulfide) groups is 1. The van der Waals surface area contributed by atoms with E-state index >= 15 is 0 Å². The Morgan fingerprint density at radius 3 is 2.68 bits per heavy atom. The molecule has 1 saturated heterocycles. The second kappa shape index (κ2) is 9.16. The Kier molecular flexibility index (Phi) is 6.86. The highest BCUT2D eigenvalue weighted by atomic mass is 79.9. The van der Waals surface area contributed by atoms with Gasteiger partial charge in [0, 0.05) is 22.6 Å². The standard InChI is InChI=1S/C21H21BrClN3OS/c1-4-26(5-2)18-10-9-14(11-15(18)22)12-19-20(27)25-21(28-19)24-17-8-6-7-16(23)13(17)3/h6-12H,4-5H2,1-3H3,(H,24,25,27)/b19-12+. The largest absolute Gasteiger partial charge is 0.371 e. The molecule has 0 saturated carbocycles. The Labute approximate surface area is 183 Å². The van der Waals surface area contributed by atoms with Crippen LogP contribution in [0.4, 0.5) is 11.4 Å². The van der Waals surface area contributed by atoms with Crippen molar-refractivity contribution >= 4 is 67.8 Å². The van der Waals surface area contributed by atoms with Gasteiger partial charge < -0.3 is 10.2 Å². The normalized spacial score (nSPS) is 16.7. The molecule has 1 aliphatic heterocycles. The highest BCUT2D eigenvalue weighted by Gasteiger charge is 2.24. The van der Waals surface area contributed by atoms with Crippen LogP contribution >= 0.6 is 39.3 Å². The summed E-state index contributed by atoms with van der Waals surface area (Å²) in [5, 5.41) is 4.04. The van der Waals surface area contributed by atoms with Crippen molar-refractivity contribution in [2.45, 2.75) is 20.8 Å². The van der Waals surface area contributed by atoms with Crippen molar-refractivity contribution in [1.29, 1.82) is 0 Å². The molecule has 1 aliphatic rings. The summed E-state index contributed by atoms with van der Waals surface area (Å²) >= 11 is 11.1. The zero-order valence-electron chi connectivity index (χ0n) is 15.9. The molecule has 0 aromatic heterocycles. The summed E-state index contributed by atoms with van der Waals surface area (Å²) in [4.78, 5) is 19.8. The van der Waals surface area contributed by atoms with Crippen molar-refractivity contribution in [3.05, 3.63) is 61.9 Å². The number of rotatable bonds is 5. The average molecular weight is 479 g/mol. The summed E-state index contributed by atoms with van der Waals surface area (Å²) < 4.78 is 1.01. The first kappa shape index (κ1) is 21.0. The lowest BCUT2D eigenvalue weighted by Crippen LogP contribution is -2.22. The van der Waals surface area contributed by atoms with E-state index in [0.29, 0.717) is 15.1 Å². The van der Waals surface area contributed by atoms with Gasteiger partial charge in [-0.3, -0.25) is 4.79 Å². The van der Waals surface area contributed by atoms with Gasteiger partial charge in [0.1, 0.15) is 0 Å². The highest BCUT2D eigenvalue weighted by Crippen LogP contribution is 2.33. The monoisotopic (exact) mass is 477 g/mol. The van der Waals surface area contributed by atoms with Crippen molar-refractivity contribution in [3.8, 4) is 0 Å². The molecular formula is C21H21BrClN3OS. The minimum absolute atomic E-state index is 0.146. The number of amides is 1. The summed E-state index contributed by atoms with van der Waals surface area (Å²) in [5.74, 6) is -0.146. The van der Waals surface area contributed by atoms with Gasteiger partial charge in [0.25, 0.3) is 5.91 Å². The number of nitrogens with zero attached hydrogens (tertiary/aromatic N) is 2. The number of aliphatic imine (C=N–C) groups is 1. The first-order valence-corrected chi connectivity index (χ1v) is 11.0. The van der Waals surface area contributed by atoms with Crippen LogP contribution < -0.4 is 10.2 Å². The third-order valence-electron chi connectivity index (χ3n) is 4.49. The molecule has 0 radical (unpaired) electrons. The zero-order valence-corrected chi connectivity index (χ0v) is 19.1. The van der Waals surface area contributed by atoms with E-state index in [4.69, 9.17) is 11.6 Å². The van der Waals surface area contributed by atoms with Crippen molar-refractivity contribution < 1.29 is 4.79 Å². The first-order chi connectivity index (χ1) is 13.4. The molecule has 1 fully saturated rings. The van der Waals surface area contributed by atoms with Crippen LogP contribution in [-0.4, -0.2) is 24.2 Å². The molecule has 0 aliphatic carbocycles. The molecule has 28 heavy (non-hydrogen) atoms. The number of anilines is 1. The van der Waals surface area contributed by atoms with Gasteiger partial charge in [0.15, 0.2) is 5.17 Å². The number of nitrogens with one attached hydrogen (secondary N) is 1. The Hall–Kier alpha value is -1.76. The number of carbonyl (C=O) groups excluding carboxylic acids is 1. The third-order valence-corrected chi connectivity index (χ3v) is 6.44. The average Bonchev–Trinajstić information content (AvgIpc) is 3.00. The number of benzene rings is 2. The van der Waals surface area contributed by atoms with Crippen LogP contribution in [0.3, 0.4) is 0 Å². The maximum atomic E-state index is 12.4. The lowest BCUT2D eigenvalue weighted by molar-refractivity contribution is -0.115. The SMILES string of the molecule is CCN(CC)c1ccc(/C=C2/SC(=Nc3cccc(Cl)c3C)NC2=O)cc1Br. The van der Waals surface area contributed by atoms with Crippen LogP contribution in [0.25, 0.3) is 6.08 Å². The van der Waals surface area contributed by atoms with E-state index in [0.717, 1.165) is 40.1 Å². The molecule has 7 heteroatoms. The van der Waals surface area contributed by atoms with Crippen LogP contribution in [0.2, 0.25) is 5.02 Å². The van der Waals surface area contributed by atoms with Gasteiger partial charge >= 0.3 is 0 Å². The Balaban J connectivity index is 1.84. The summed E-state index contributed by atoms with van der Waals surface area (Å²) in [6, 6.07) is 11.7. The van der Waals surface area contributed by atoms with E-state index in [1.54, 1.807) is 0 Å². The Morgan fingerprint density at radius 2 is 2.00 bits per heavy atom. The molecule has 4 nitrogen and oxygen atoms in total. The van der Waals surface area contributed by atoms with E-state index in [2.05, 4.69) is 51.1 Å². The lowest BCUT2D eigenvalue weighted by atomic mass is 10.1. The summed E-state index contributed by atoms with van der Waals surface area (Å²) in [5.41, 5.74) is 3.75. The summed E-state index contributed by atoms with van der Waals surface area (Å²) in [6.45, 7) is 8.06. The minimum atomic E-state index is -0.146. The molecular weight excluding hydrogens is 458 g/mol. The van der Waals surface area contributed by atoms with Crippen LogP contribution in [0, 0.1) is 6.92 Å². The molecule has 146 valence electrons. The maximum absolute atomic E-state index is 12.4. The molecule has 2 aromatic carbocycles. The predicted octanol–water partition coefficient (Wildman–Crippen LogP) is 6.15. The van der Waals surface area contributed by atoms with Crippen molar-refractivity contribution in [1.82, 2.24) is 5.32 Å². The molecule has 1 heterocycles. The lowest BCUT2D eigenvalue weighted by Gasteiger charge is -2.22. The van der Waals surface area contributed by atoms with Gasteiger partial charge in [-0.15, -0.1) is 0 Å². The van der Waals surface area contributed by atoms with Crippen LogP contribution in [0.1, 0.15) is 25.0 Å². The quantitative estimate of drug-likeness (QED) is 0.524. The van der Waals surface area contributed by atoms with Gasteiger partial charge in [-0.1, -0.05) is 23.7 Å². The van der Waals surface area contributed by atoms with Gasteiger partial charge in [0.05, 0.1) is 16.3 Å². The molecule has 2 aromatic rings. The molecule has 1 amide bonds. The number of carbonyl (C=O) groups is 1. The van der Waals surface area contributed by atoms with Gasteiger partial charge in [-0.05, 0) is 89.9 Å². The molecule has 0 atom stereocenters. The zero-order chi connectivity index (χ0) is 20.3. The Bertz CT molecular complexity index is 970. The van der Waals surface area contributed by atoms with E-state index in [9.17, 15) is 4.79 Å². The van der Waals surface area contributed by atoms with E-state index in [1.165, 1.54) is 11.8 Å². The van der Waals surface area contributed by atoms with Gasteiger partial charge in [-0.2, -0.15) is 0 Å². The summed E-state index contributed by atoms with van der Waals surface area (Å²) in [6.07, 6.45) is 1.88. The first-order valence-electron chi connectivity index (χ1n) is 9.02. The van der Waals surface area contributed by atoms with Crippen molar-refractivity contribution in [3.63, 3.8) is 0 Å². The summed E-state index contributed by atoms with van der Waals surface area (Å²) in [7, 11) is 0. The molecule has 0 unspecified atom stereocenters. The maximum Gasteiger partial charge on any atom is 0.264 e. The highest BCUT2D eigenvalue weighted by molar-refractivity contribution is 9.10. The fourth-order valence-corrected chi connectivity index (χ4v) is 4.54. The van der Waals surface area contributed by atoms with Gasteiger partial charge in [-0.25, -0.2) is 4.99 Å². The van der Waals surface area contributed by atoms with Crippen molar-refractivity contribution in [2.75, 3.05) is 18.0 Å². The molecule has 0 bridgehead atoms. The number of hydrogen-bond acceptors (Lipinski definition) is 4. The van der Waals surface area contributed by atoms with Gasteiger partial charge in [0.2, 0.25) is 0 Å². The smallest absolute Gasteiger partial charge is 0.264 e. The molecule has 0 spiro atoms. The van der Waals surface area contributed by atoms with Crippen LogP contribution in [-0.2, 0) is 4.79 Å². The number of amidine groups is 1. The minimum Gasteiger partial charge on any atom is -0.371 e. The fraction of sp³-hybridized carbons (Fsp3) is 0.238. The van der Waals surface area contributed by atoms with Crippen LogP contribution in [0.15, 0.2) is 50.8 Å². The second-order valence-corrected chi connectivity index (χ2v) is 8.54. The predicted molar refractivity (Wildman–Crippen MR) is 125 cm³/mol. The van der Waals surface area contributed by atoms with Crippen molar-refractivity contribution in [2.24, 2.45) is 4.99 Å². The number of halogens is 2. The third kappa shape index (κ3) is 4.62. The topological polar surface area (TPSA) is 44.7 Å². The van der Waals surface area contributed by atoms with E-state index < -0.39 is 0 Å². The molecule has 3 rings (SSSR count).